The van der Waals surface area contributed by atoms with Crippen LogP contribution in [0.15, 0.2) is 11.0 Å². The Hall–Kier alpha value is -1.94. The van der Waals surface area contributed by atoms with Gasteiger partial charge in [0.2, 0.25) is 5.92 Å². The number of amides is 1. The summed E-state index contributed by atoms with van der Waals surface area (Å²) in [6.07, 6.45) is 0.959. The zero-order valence-corrected chi connectivity index (χ0v) is 16.0. The summed E-state index contributed by atoms with van der Waals surface area (Å²) in [4.78, 5) is 26.0. The lowest BCUT2D eigenvalue weighted by Crippen LogP contribution is -2.42. The van der Waals surface area contributed by atoms with Crippen molar-refractivity contribution in [3.63, 3.8) is 0 Å². The number of halogens is 3. The molecule has 2 aliphatic rings. The fraction of sp³-hybridized carbons (Fsp3) is 0.706. The molecule has 2 fully saturated rings. The van der Waals surface area contributed by atoms with E-state index in [1.165, 1.54) is 6.20 Å². The Morgan fingerprint density at radius 1 is 1.39 bits per heavy atom. The summed E-state index contributed by atoms with van der Waals surface area (Å²) in [5.41, 5.74) is -0.0497. The molecule has 1 saturated carbocycles. The lowest BCUT2D eigenvalue weighted by molar-refractivity contribution is -0.0406. The summed E-state index contributed by atoms with van der Waals surface area (Å²) in [6, 6.07) is -0.303. The minimum atomic E-state index is -2.65. The van der Waals surface area contributed by atoms with Gasteiger partial charge in [0.25, 0.3) is 5.56 Å². The van der Waals surface area contributed by atoms with Crippen LogP contribution in [0.4, 0.5) is 19.3 Å². The lowest BCUT2D eigenvalue weighted by Gasteiger charge is -2.28. The molecule has 1 saturated heterocycles. The lowest BCUT2D eigenvalue weighted by atomic mass is 9.92. The molecule has 0 bridgehead atoms. The number of nitrogens with one attached hydrogen (secondary N) is 1. The molecule has 0 aromatic carbocycles. The third-order valence-corrected chi connectivity index (χ3v) is 5.43. The van der Waals surface area contributed by atoms with E-state index < -0.39 is 23.7 Å². The van der Waals surface area contributed by atoms with E-state index >= 15 is 0 Å². The van der Waals surface area contributed by atoms with Gasteiger partial charge in [-0.15, -0.1) is 0 Å². The maximum atomic E-state index is 13.2. The van der Waals surface area contributed by atoms with Gasteiger partial charge in [-0.2, -0.15) is 5.10 Å². The molecule has 1 aromatic heterocycles. The van der Waals surface area contributed by atoms with Gasteiger partial charge < -0.3 is 20.1 Å². The van der Waals surface area contributed by atoms with Crippen LogP contribution in [0.1, 0.15) is 32.1 Å². The van der Waals surface area contributed by atoms with E-state index in [9.17, 15) is 18.4 Å². The first-order valence-corrected chi connectivity index (χ1v) is 9.63. The molecule has 1 atom stereocenters. The first-order valence-electron chi connectivity index (χ1n) is 9.25. The summed E-state index contributed by atoms with van der Waals surface area (Å²) in [5.74, 6) is -2.65. The molecule has 1 aliphatic carbocycles. The van der Waals surface area contributed by atoms with Gasteiger partial charge in [0, 0.05) is 31.8 Å². The van der Waals surface area contributed by atoms with Crippen LogP contribution < -0.4 is 15.8 Å². The Kier molecular flexibility index (Phi) is 6.39. The van der Waals surface area contributed by atoms with Crippen LogP contribution in [-0.2, 0) is 11.3 Å². The molecular formula is C17H23ClF2N4O4. The molecule has 2 heterocycles. The number of alkyl halides is 2. The van der Waals surface area contributed by atoms with Gasteiger partial charge in [-0.05, 0) is 12.8 Å². The summed E-state index contributed by atoms with van der Waals surface area (Å²) >= 11 is 6.14. The van der Waals surface area contributed by atoms with Crippen LogP contribution in [0.5, 0.6) is 0 Å². The minimum absolute atomic E-state index is 0.00307. The Morgan fingerprint density at radius 3 is 2.79 bits per heavy atom. The highest BCUT2D eigenvalue weighted by atomic mass is 35.5. The van der Waals surface area contributed by atoms with Crippen LogP contribution in [-0.4, -0.2) is 58.7 Å². The van der Waals surface area contributed by atoms with Crippen LogP contribution in [0.2, 0.25) is 5.02 Å². The molecule has 1 amide bonds. The van der Waals surface area contributed by atoms with E-state index in [1.54, 1.807) is 4.90 Å². The maximum Gasteiger partial charge on any atom is 0.407 e. The fourth-order valence-corrected chi connectivity index (χ4v) is 3.78. The minimum Gasteiger partial charge on any atom is -0.444 e. The van der Waals surface area contributed by atoms with Gasteiger partial charge >= 0.3 is 6.09 Å². The average Bonchev–Trinajstić information content (AvgIpc) is 3.09. The van der Waals surface area contributed by atoms with E-state index in [4.69, 9.17) is 21.4 Å². The summed E-state index contributed by atoms with van der Waals surface area (Å²) in [7, 11) is 0. The second kappa shape index (κ2) is 8.60. The fourth-order valence-electron chi connectivity index (χ4n) is 3.51. The molecule has 156 valence electrons. The van der Waals surface area contributed by atoms with E-state index in [0.29, 0.717) is 25.2 Å². The van der Waals surface area contributed by atoms with Crippen molar-refractivity contribution in [2.24, 2.45) is 0 Å². The highest BCUT2D eigenvalue weighted by Gasteiger charge is 2.36. The number of aliphatic hydroxyl groups excluding tert-OH is 1. The van der Waals surface area contributed by atoms with Crippen molar-refractivity contribution >= 4 is 23.4 Å². The molecule has 2 N–H and O–H groups in total. The van der Waals surface area contributed by atoms with E-state index in [-0.39, 0.29) is 49.9 Å². The van der Waals surface area contributed by atoms with Crippen molar-refractivity contribution in [3.05, 3.63) is 21.6 Å². The number of alkyl carbamates (subject to hydrolysis) is 1. The number of aliphatic hydroxyl groups is 1. The van der Waals surface area contributed by atoms with Gasteiger partial charge in [0.1, 0.15) is 11.1 Å². The highest BCUT2D eigenvalue weighted by molar-refractivity contribution is 6.33. The van der Waals surface area contributed by atoms with Crippen LogP contribution in [0, 0.1) is 0 Å². The van der Waals surface area contributed by atoms with Crippen molar-refractivity contribution < 1.29 is 23.4 Å². The Labute approximate surface area is 165 Å². The second-order valence-corrected chi connectivity index (χ2v) is 7.51. The first kappa shape index (κ1) is 20.8. The molecule has 0 radical (unpaired) electrons. The number of carbonyl (C=O) groups is 1. The van der Waals surface area contributed by atoms with Crippen LogP contribution in [0.25, 0.3) is 0 Å². The molecule has 1 aliphatic heterocycles. The van der Waals surface area contributed by atoms with Crippen molar-refractivity contribution in [2.45, 2.75) is 56.7 Å². The smallest absolute Gasteiger partial charge is 0.407 e. The number of hydrogen-bond acceptors (Lipinski definition) is 6. The second-order valence-electron chi connectivity index (χ2n) is 7.13. The van der Waals surface area contributed by atoms with Crippen LogP contribution >= 0.6 is 11.6 Å². The zero-order valence-electron chi connectivity index (χ0n) is 15.2. The maximum absolute atomic E-state index is 13.2. The van der Waals surface area contributed by atoms with E-state index in [1.807, 2.05) is 0 Å². The van der Waals surface area contributed by atoms with Crippen LogP contribution in [0.3, 0.4) is 0 Å². The quantitative estimate of drug-likeness (QED) is 0.753. The van der Waals surface area contributed by atoms with Crippen molar-refractivity contribution in [1.82, 2.24) is 15.1 Å². The average molecular weight is 421 g/mol. The predicted octanol–water partition coefficient (Wildman–Crippen LogP) is 1.77. The molecule has 11 heteroatoms. The number of anilines is 1. The number of ether oxygens (including phenoxy) is 1. The summed E-state index contributed by atoms with van der Waals surface area (Å²) < 4.78 is 32.8. The standard InChI is InChI=1S/C17H23ClF2N4O4/c18-14-13(9-21-24(7-8-25)15(14)26)23-6-3-12(10-23)28-16(27)22-11-1-4-17(19,20)5-2-11/h9,11-12,25H,1-8,10H2,(H,22,27)/t12-/m1/s1. The first-order chi connectivity index (χ1) is 13.3. The largest absolute Gasteiger partial charge is 0.444 e. The van der Waals surface area contributed by atoms with Crippen molar-refractivity contribution in [1.29, 1.82) is 0 Å². The van der Waals surface area contributed by atoms with Gasteiger partial charge in [0.05, 0.1) is 31.6 Å². The van der Waals surface area contributed by atoms with Gasteiger partial charge in [-0.1, -0.05) is 11.6 Å². The molecule has 3 rings (SSSR count). The highest BCUT2D eigenvalue weighted by Crippen LogP contribution is 2.33. The molecule has 28 heavy (non-hydrogen) atoms. The third kappa shape index (κ3) is 4.91. The third-order valence-electron chi connectivity index (χ3n) is 5.08. The summed E-state index contributed by atoms with van der Waals surface area (Å²) in [5, 5.41) is 15.6. The predicted molar refractivity (Wildman–Crippen MR) is 98.0 cm³/mol. The topological polar surface area (TPSA) is 96.7 Å². The van der Waals surface area contributed by atoms with Crippen molar-refractivity contribution in [3.8, 4) is 0 Å². The van der Waals surface area contributed by atoms with Crippen molar-refractivity contribution in [2.75, 3.05) is 24.6 Å². The molecule has 1 aromatic rings. The Morgan fingerprint density at radius 2 is 2.11 bits per heavy atom. The normalized spacial score (nSPS) is 22.3. The number of nitrogens with zero attached hydrogens (tertiary/aromatic N) is 3. The SMILES string of the molecule is O=C(NC1CCC(F)(F)CC1)O[C@@H]1CCN(c2cnn(CCO)c(=O)c2Cl)C1. The zero-order chi connectivity index (χ0) is 20.3. The Balaban J connectivity index is 1.52. The molecule has 8 nitrogen and oxygen atoms in total. The number of hydrogen-bond donors (Lipinski definition) is 2. The molecule has 0 spiro atoms. The van der Waals surface area contributed by atoms with Gasteiger partial charge in [0.15, 0.2) is 0 Å². The number of aromatic nitrogens is 2. The van der Waals surface area contributed by atoms with E-state index in [2.05, 4.69) is 10.4 Å². The van der Waals surface area contributed by atoms with E-state index in [0.717, 1.165) is 4.68 Å². The summed E-state index contributed by atoms with van der Waals surface area (Å²) in [6.45, 7) is 0.702. The van der Waals surface area contributed by atoms with Gasteiger partial charge in [-0.25, -0.2) is 18.3 Å². The molecule has 0 unspecified atom stereocenters. The monoisotopic (exact) mass is 420 g/mol. The number of carbonyl (C=O) groups excluding carboxylic acids is 1. The van der Waals surface area contributed by atoms with Gasteiger partial charge in [-0.3, -0.25) is 4.79 Å². The number of rotatable bonds is 5. The molecular weight excluding hydrogens is 398 g/mol. The Bertz CT molecular complexity index is 766.